The summed E-state index contributed by atoms with van der Waals surface area (Å²) in [6, 6.07) is 2.44. The SMILES string of the molecule is CCCNC(c1csc(C)n1)c1sccc1C. The first kappa shape index (κ1) is 12.7. The highest BCUT2D eigenvalue weighted by molar-refractivity contribution is 7.10. The summed E-state index contributed by atoms with van der Waals surface area (Å²) in [5, 5.41) is 9.06. The summed E-state index contributed by atoms with van der Waals surface area (Å²) in [5.41, 5.74) is 2.51. The quantitative estimate of drug-likeness (QED) is 0.887. The van der Waals surface area contributed by atoms with Gasteiger partial charge in [0, 0.05) is 10.3 Å². The van der Waals surface area contributed by atoms with Gasteiger partial charge in [-0.1, -0.05) is 6.92 Å². The smallest absolute Gasteiger partial charge is 0.0898 e. The maximum Gasteiger partial charge on any atom is 0.0898 e. The Kier molecular flexibility index (Phi) is 4.31. The van der Waals surface area contributed by atoms with Crippen LogP contribution in [0.15, 0.2) is 16.8 Å². The second kappa shape index (κ2) is 5.76. The van der Waals surface area contributed by atoms with Gasteiger partial charge in [0.15, 0.2) is 0 Å². The first-order valence-corrected chi connectivity index (χ1v) is 7.67. The van der Waals surface area contributed by atoms with Crippen LogP contribution in [-0.4, -0.2) is 11.5 Å². The van der Waals surface area contributed by atoms with Gasteiger partial charge in [0.25, 0.3) is 0 Å². The molecule has 0 aromatic carbocycles. The number of thiophene rings is 1. The number of thiazole rings is 1. The lowest BCUT2D eigenvalue weighted by Gasteiger charge is -2.16. The standard InChI is InChI=1S/C13H18N2S2/c1-4-6-14-12(11-8-17-10(3)15-11)13-9(2)5-7-16-13/h5,7-8,12,14H,4,6H2,1-3H3. The number of hydrogen-bond donors (Lipinski definition) is 1. The number of hydrogen-bond acceptors (Lipinski definition) is 4. The molecule has 2 nitrogen and oxygen atoms in total. The van der Waals surface area contributed by atoms with Gasteiger partial charge >= 0.3 is 0 Å². The highest BCUT2D eigenvalue weighted by atomic mass is 32.1. The molecular formula is C13H18N2S2. The molecule has 0 spiro atoms. The molecule has 0 aliphatic carbocycles. The van der Waals surface area contributed by atoms with Crippen LogP contribution in [0.25, 0.3) is 0 Å². The monoisotopic (exact) mass is 266 g/mol. The fourth-order valence-electron chi connectivity index (χ4n) is 1.81. The normalized spacial score (nSPS) is 12.9. The lowest BCUT2D eigenvalue weighted by molar-refractivity contribution is 0.593. The third-order valence-electron chi connectivity index (χ3n) is 2.69. The molecule has 17 heavy (non-hydrogen) atoms. The van der Waals surface area contributed by atoms with Gasteiger partial charge in [-0.15, -0.1) is 22.7 Å². The molecule has 2 aromatic rings. The summed E-state index contributed by atoms with van der Waals surface area (Å²) in [7, 11) is 0. The Hall–Kier alpha value is -0.710. The lowest BCUT2D eigenvalue weighted by Crippen LogP contribution is -2.23. The predicted molar refractivity (Wildman–Crippen MR) is 76.0 cm³/mol. The van der Waals surface area contributed by atoms with Gasteiger partial charge in [-0.3, -0.25) is 0 Å². The minimum atomic E-state index is 0.264. The largest absolute Gasteiger partial charge is 0.304 e. The molecule has 0 fully saturated rings. The minimum absolute atomic E-state index is 0.264. The van der Waals surface area contributed by atoms with Gasteiger partial charge in [-0.25, -0.2) is 4.98 Å². The number of aryl methyl sites for hydroxylation is 2. The van der Waals surface area contributed by atoms with Crippen molar-refractivity contribution < 1.29 is 0 Å². The molecule has 1 unspecified atom stereocenters. The Morgan fingerprint density at radius 2 is 2.18 bits per heavy atom. The molecule has 1 atom stereocenters. The van der Waals surface area contributed by atoms with Crippen molar-refractivity contribution in [3.63, 3.8) is 0 Å². The van der Waals surface area contributed by atoms with Gasteiger partial charge in [0.1, 0.15) is 0 Å². The fraction of sp³-hybridized carbons (Fsp3) is 0.462. The molecule has 0 saturated heterocycles. The molecular weight excluding hydrogens is 248 g/mol. The minimum Gasteiger partial charge on any atom is -0.304 e. The molecule has 0 saturated carbocycles. The average molecular weight is 266 g/mol. The zero-order valence-electron chi connectivity index (χ0n) is 10.5. The zero-order valence-corrected chi connectivity index (χ0v) is 12.1. The van der Waals surface area contributed by atoms with E-state index in [2.05, 4.69) is 47.9 Å². The van der Waals surface area contributed by atoms with E-state index in [1.165, 1.54) is 10.4 Å². The fourth-order valence-corrected chi connectivity index (χ4v) is 3.46. The second-order valence-corrected chi connectivity index (χ2v) is 6.16. The van der Waals surface area contributed by atoms with Crippen LogP contribution in [0.2, 0.25) is 0 Å². The molecule has 92 valence electrons. The second-order valence-electron chi connectivity index (χ2n) is 4.15. The molecule has 2 heterocycles. The number of rotatable bonds is 5. The van der Waals surface area contributed by atoms with Crippen LogP contribution in [0.5, 0.6) is 0 Å². The van der Waals surface area contributed by atoms with Crippen molar-refractivity contribution in [3.8, 4) is 0 Å². The van der Waals surface area contributed by atoms with E-state index in [0.29, 0.717) is 0 Å². The van der Waals surface area contributed by atoms with E-state index in [0.717, 1.165) is 23.7 Å². The third-order valence-corrected chi connectivity index (χ3v) is 4.57. The van der Waals surface area contributed by atoms with Crippen molar-refractivity contribution in [2.75, 3.05) is 6.54 Å². The van der Waals surface area contributed by atoms with Crippen molar-refractivity contribution in [1.29, 1.82) is 0 Å². The highest BCUT2D eigenvalue weighted by Crippen LogP contribution is 2.29. The van der Waals surface area contributed by atoms with Crippen molar-refractivity contribution >= 4 is 22.7 Å². The summed E-state index contributed by atoms with van der Waals surface area (Å²) in [6.07, 6.45) is 1.14. The maximum atomic E-state index is 4.62. The molecule has 4 heteroatoms. The first-order valence-electron chi connectivity index (χ1n) is 5.91. The van der Waals surface area contributed by atoms with E-state index in [1.807, 2.05) is 11.3 Å². The number of aromatic nitrogens is 1. The predicted octanol–water partition coefficient (Wildman–Crippen LogP) is 3.91. The Balaban J connectivity index is 2.28. The Morgan fingerprint density at radius 3 is 2.71 bits per heavy atom. The summed E-state index contributed by atoms with van der Waals surface area (Å²) < 4.78 is 0. The van der Waals surface area contributed by atoms with E-state index in [4.69, 9.17) is 0 Å². The molecule has 2 aromatic heterocycles. The first-order chi connectivity index (χ1) is 8.22. The molecule has 0 amide bonds. The van der Waals surface area contributed by atoms with Crippen LogP contribution in [0.4, 0.5) is 0 Å². The Morgan fingerprint density at radius 1 is 1.35 bits per heavy atom. The van der Waals surface area contributed by atoms with Crippen molar-refractivity contribution in [3.05, 3.63) is 38.0 Å². The van der Waals surface area contributed by atoms with Gasteiger partial charge in [-0.05, 0) is 43.8 Å². The van der Waals surface area contributed by atoms with Crippen LogP contribution < -0.4 is 5.32 Å². The van der Waals surface area contributed by atoms with Crippen LogP contribution in [0.1, 0.15) is 40.5 Å². The summed E-state index contributed by atoms with van der Waals surface area (Å²) in [4.78, 5) is 6.02. The highest BCUT2D eigenvalue weighted by Gasteiger charge is 2.18. The van der Waals surface area contributed by atoms with Gasteiger partial charge in [-0.2, -0.15) is 0 Å². The van der Waals surface area contributed by atoms with E-state index < -0.39 is 0 Å². The summed E-state index contributed by atoms with van der Waals surface area (Å²) in [6.45, 7) is 7.45. The van der Waals surface area contributed by atoms with E-state index in [9.17, 15) is 0 Å². The van der Waals surface area contributed by atoms with Crippen molar-refractivity contribution in [2.45, 2.75) is 33.2 Å². The Labute approximate surface area is 111 Å². The van der Waals surface area contributed by atoms with Gasteiger partial charge in [0.05, 0.1) is 16.7 Å². The van der Waals surface area contributed by atoms with Crippen LogP contribution >= 0.6 is 22.7 Å². The van der Waals surface area contributed by atoms with Gasteiger partial charge in [0.2, 0.25) is 0 Å². The molecule has 0 aliphatic rings. The Bertz CT molecular complexity index is 473. The molecule has 1 N–H and O–H groups in total. The van der Waals surface area contributed by atoms with Crippen LogP contribution in [0, 0.1) is 13.8 Å². The van der Waals surface area contributed by atoms with Crippen LogP contribution in [-0.2, 0) is 0 Å². The van der Waals surface area contributed by atoms with E-state index in [-0.39, 0.29) is 6.04 Å². The zero-order chi connectivity index (χ0) is 12.3. The topological polar surface area (TPSA) is 24.9 Å². The summed E-state index contributed by atoms with van der Waals surface area (Å²) in [5.74, 6) is 0. The van der Waals surface area contributed by atoms with Gasteiger partial charge < -0.3 is 5.32 Å². The maximum absolute atomic E-state index is 4.62. The average Bonchev–Trinajstić information content (AvgIpc) is 2.90. The number of nitrogens with zero attached hydrogens (tertiary/aromatic N) is 1. The molecule has 2 rings (SSSR count). The van der Waals surface area contributed by atoms with Crippen LogP contribution in [0.3, 0.4) is 0 Å². The lowest BCUT2D eigenvalue weighted by atomic mass is 10.1. The molecule has 0 bridgehead atoms. The van der Waals surface area contributed by atoms with Crippen molar-refractivity contribution in [2.24, 2.45) is 0 Å². The van der Waals surface area contributed by atoms with Crippen molar-refractivity contribution in [1.82, 2.24) is 10.3 Å². The van der Waals surface area contributed by atoms with E-state index >= 15 is 0 Å². The molecule has 0 aliphatic heterocycles. The molecule has 0 radical (unpaired) electrons. The number of nitrogens with one attached hydrogen (secondary N) is 1. The third kappa shape index (κ3) is 2.94. The van der Waals surface area contributed by atoms with E-state index in [1.54, 1.807) is 11.3 Å². The summed E-state index contributed by atoms with van der Waals surface area (Å²) >= 11 is 3.54.